The quantitative estimate of drug-likeness (QED) is 0.455. The van der Waals surface area contributed by atoms with E-state index in [-0.39, 0.29) is 6.10 Å². The van der Waals surface area contributed by atoms with E-state index < -0.39 is 0 Å². The highest BCUT2D eigenvalue weighted by Crippen LogP contribution is 2.28. The van der Waals surface area contributed by atoms with Gasteiger partial charge in [0.05, 0.1) is 0 Å². The molecule has 1 atom stereocenters. The molecule has 1 unspecified atom stereocenters. The summed E-state index contributed by atoms with van der Waals surface area (Å²) in [6, 6.07) is 14.3. The fourth-order valence-corrected chi connectivity index (χ4v) is 3.87. The molecule has 27 heavy (non-hydrogen) atoms. The van der Waals surface area contributed by atoms with Crippen LogP contribution in [0.15, 0.2) is 47.6 Å². The van der Waals surface area contributed by atoms with Crippen molar-refractivity contribution in [1.29, 1.82) is 0 Å². The van der Waals surface area contributed by atoms with Crippen LogP contribution < -0.4 is 4.74 Å². The van der Waals surface area contributed by atoms with E-state index >= 15 is 0 Å². The van der Waals surface area contributed by atoms with Gasteiger partial charge in [0.2, 0.25) is 0 Å². The molecular weight excluding hydrogens is 378 g/mol. The highest BCUT2D eigenvalue weighted by atomic mass is 35.5. The third kappa shape index (κ3) is 4.85. The number of benzene rings is 2. The maximum absolute atomic E-state index is 6.09. The van der Waals surface area contributed by atoms with Gasteiger partial charge in [-0.05, 0) is 57.0 Å². The molecule has 1 heterocycles. The van der Waals surface area contributed by atoms with E-state index in [1.54, 1.807) is 11.8 Å². The lowest BCUT2D eigenvalue weighted by Crippen LogP contribution is -2.12. The minimum Gasteiger partial charge on any atom is -0.483 e. The maximum atomic E-state index is 6.09. The van der Waals surface area contributed by atoms with E-state index in [9.17, 15) is 0 Å². The maximum Gasteiger partial charge on any atom is 0.191 e. The summed E-state index contributed by atoms with van der Waals surface area (Å²) in [6.07, 6.45) is -0.202. The average molecular weight is 402 g/mol. The van der Waals surface area contributed by atoms with Crippen LogP contribution in [0, 0.1) is 13.8 Å². The van der Waals surface area contributed by atoms with E-state index in [4.69, 9.17) is 16.3 Å². The first kappa shape index (κ1) is 19.8. The summed E-state index contributed by atoms with van der Waals surface area (Å²) in [5, 5.41) is 10.4. The van der Waals surface area contributed by atoms with Crippen molar-refractivity contribution < 1.29 is 4.74 Å². The number of ether oxygens (including phenoxy) is 1. The molecule has 0 bridgehead atoms. The minimum absolute atomic E-state index is 0.202. The molecule has 1 aromatic heterocycles. The molecule has 4 nitrogen and oxygen atoms in total. The van der Waals surface area contributed by atoms with Crippen LogP contribution >= 0.6 is 23.4 Å². The van der Waals surface area contributed by atoms with Crippen molar-refractivity contribution in [2.75, 3.05) is 0 Å². The normalized spacial score (nSPS) is 12.2. The van der Waals surface area contributed by atoms with Crippen LogP contribution in [0.2, 0.25) is 5.02 Å². The van der Waals surface area contributed by atoms with Crippen molar-refractivity contribution in [3.05, 3.63) is 70.0 Å². The summed E-state index contributed by atoms with van der Waals surface area (Å²) >= 11 is 7.79. The van der Waals surface area contributed by atoms with E-state index in [2.05, 4.69) is 52.9 Å². The van der Waals surface area contributed by atoms with Gasteiger partial charge in [-0.15, -0.1) is 10.2 Å². The third-order valence-corrected chi connectivity index (χ3v) is 5.82. The lowest BCUT2D eigenvalue weighted by atomic mass is 10.2. The van der Waals surface area contributed by atoms with Gasteiger partial charge in [-0.3, -0.25) is 0 Å². The number of halogens is 1. The third-order valence-electron chi connectivity index (χ3n) is 4.36. The van der Waals surface area contributed by atoms with Crippen LogP contribution in [-0.2, 0) is 12.3 Å². The number of nitrogens with zero attached hydrogens (tertiary/aromatic N) is 3. The Morgan fingerprint density at radius 2 is 1.85 bits per heavy atom. The van der Waals surface area contributed by atoms with Crippen molar-refractivity contribution in [3.8, 4) is 5.75 Å². The Bertz CT molecular complexity index is 908. The molecule has 6 heteroatoms. The molecule has 0 saturated heterocycles. The Hall–Kier alpha value is -1.98. The van der Waals surface area contributed by atoms with Crippen molar-refractivity contribution in [1.82, 2.24) is 14.8 Å². The molecule has 0 aliphatic rings. The first-order chi connectivity index (χ1) is 13.0. The lowest BCUT2D eigenvalue weighted by molar-refractivity contribution is 0.210. The number of aryl methyl sites for hydroxylation is 2. The summed E-state index contributed by atoms with van der Waals surface area (Å²) in [4.78, 5) is 0. The second-order valence-electron chi connectivity index (χ2n) is 6.53. The molecule has 0 N–H and O–H groups in total. The SMILES string of the molecule is CCn1c(SCc2ccc(C)cc2)nnc1C(C)Oc1ccc(Cl)c(C)c1. The molecular formula is C21H24ClN3OS. The van der Waals surface area contributed by atoms with Crippen LogP contribution in [0.5, 0.6) is 5.75 Å². The van der Waals surface area contributed by atoms with Crippen LogP contribution in [0.25, 0.3) is 0 Å². The molecule has 0 aliphatic carbocycles. The van der Waals surface area contributed by atoms with Gasteiger partial charge in [0.25, 0.3) is 0 Å². The number of thioether (sulfide) groups is 1. The van der Waals surface area contributed by atoms with Crippen molar-refractivity contribution in [2.45, 2.75) is 51.3 Å². The molecule has 0 radical (unpaired) electrons. The van der Waals surface area contributed by atoms with Gasteiger partial charge in [-0.2, -0.15) is 0 Å². The smallest absolute Gasteiger partial charge is 0.191 e. The second kappa shape index (κ2) is 8.81. The largest absolute Gasteiger partial charge is 0.483 e. The van der Waals surface area contributed by atoms with Gasteiger partial charge >= 0.3 is 0 Å². The van der Waals surface area contributed by atoms with Crippen LogP contribution in [0.4, 0.5) is 0 Å². The Balaban J connectivity index is 1.72. The molecule has 0 saturated carbocycles. The average Bonchev–Trinajstić information content (AvgIpc) is 3.07. The van der Waals surface area contributed by atoms with Crippen molar-refractivity contribution in [2.24, 2.45) is 0 Å². The molecule has 142 valence electrons. The molecule has 0 spiro atoms. The van der Waals surface area contributed by atoms with Gasteiger partial charge in [0, 0.05) is 17.3 Å². The number of hydrogen-bond acceptors (Lipinski definition) is 4. The highest BCUT2D eigenvalue weighted by molar-refractivity contribution is 7.98. The second-order valence-corrected chi connectivity index (χ2v) is 7.88. The molecule has 0 fully saturated rings. The van der Waals surface area contributed by atoms with Gasteiger partial charge < -0.3 is 9.30 Å². The van der Waals surface area contributed by atoms with Crippen molar-refractivity contribution in [3.63, 3.8) is 0 Å². The van der Waals surface area contributed by atoms with Gasteiger partial charge in [0.15, 0.2) is 17.1 Å². The Kier molecular flexibility index (Phi) is 6.45. The molecule has 0 amide bonds. The molecule has 0 aliphatic heterocycles. The zero-order valence-electron chi connectivity index (χ0n) is 16.1. The van der Waals surface area contributed by atoms with Gasteiger partial charge in [-0.1, -0.05) is 53.2 Å². The topological polar surface area (TPSA) is 39.9 Å². The Labute approximate surface area is 169 Å². The van der Waals surface area contributed by atoms with E-state index in [1.807, 2.05) is 32.0 Å². The van der Waals surface area contributed by atoms with E-state index in [0.717, 1.165) is 39.6 Å². The monoisotopic (exact) mass is 401 g/mol. The summed E-state index contributed by atoms with van der Waals surface area (Å²) in [7, 11) is 0. The molecule has 3 aromatic rings. The minimum atomic E-state index is -0.202. The van der Waals surface area contributed by atoms with E-state index in [1.165, 1.54) is 11.1 Å². The Morgan fingerprint density at radius 1 is 1.11 bits per heavy atom. The summed E-state index contributed by atoms with van der Waals surface area (Å²) in [6.45, 7) is 8.96. The fraction of sp³-hybridized carbons (Fsp3) is 0.333. The van der Waals surface area contributed by atoms with Crippen LogP contribution in [0.3, 0.4) is 0 Å². The standard InChI is InChI=1S/C21H24ClN3OS/c1-5-25-20(16(4)26-18-10-11-19(22)15(3)12-18)23-24-21(25)27-13-17-8-6-14(2)7-9-17/h6-12,16H,5,13H2,1-4H3. The predicted octanol–water partition coefficient (Wildman–Crippen LogP) is 6.00. The van der Waals surface area contributed by atoms with E-state index in [0.29, 0.717) is 0 Å². The molecule has 3 rings (SSSR count). The summed E-state index contributed by atoms with van der Waals surface area (Å²) in [5.74, 6) is 2.48. The fourth-order valence-electron chi connectivity index (χ4n) is 2.78. The lowest BCUT2D eigenvalue weighted by Gasteiger charge is -2.16. The highest BCUT2D eigenvalue weighted by Gasteiger charge is 2.19. The van der Waals surface area contributed by atoms with Crippen molar-refractivity contribution >= 4 is 23.4 Å². The summed E-state index contributed by atoms with van der Waals surface area (Å²) in [5.41, 5.74) is 3.54. The van der Waals surface area contributed by atoms with Gasteiger partial charge in [0.1, 0.15) is 5.75 Å². The first-order valence-electron chi connectivity index (χ1n) is 9.02. The first-order valence-corrected chi connectivity index (χ1v) is 10.4. The summed E-state index contributed by atoms with van der Waals surface area (Å²) < 4.78 is 8.19. The van der Waals surface area contributed by atoms with Gasteiger partial charge in [-0.25, -0.2) is 0 Å². The number of aromatic nitrogens is 3. The number of hydrogen-bond donors (Lipinski definition) is 0. The molecule has 2 aromatic carbocycles. The van der Waals surface area contributed by atoms with Crippen LogP contribution in [-0.4, -0.2) is 14.8 Å². The Morgan fingerprint density at radius 3 is 2.52 bits per heavy atom. The zero-order chi connectivity index (χ0) is 19.4. The predicted molar refractivity (Wildman–Crippen MR) is 112 cm³/mol. The van der Waals surface area contributed by atoms with Crippen LogP contribution in [0.1, 0.15) is 42.5 Å². The number of rotatable bonds is 7. The zero-order valence-corrected chi connectivity index (χ0v) is 17.6.